The Hall–Kier alpha value is -1.14. The molecule has 0 aromatic carbocycles. The molecule has 0 aliphatic heterocycles. The van der Waals surface area contributed by atoms with Crippen LogP contribution < -0.4 is 11.2 Å². The van der Waals surface area contributed by atoms with Crippen LogP contribution in [0, 0.1) is 6.92 Å². The molecule has 0 fully saturated rings. The van der Waals surface area contributed by atoms with Gasteiger partial charge in [0.25, 0.3) is 0 Å². The number of aromatic nitrogens is 2. The zero-order valence-corrected chi connectivity index (χ0v) is 7.77. The second kappa shape index (κ2) is 3.51. The molecule has 0 bridgehead atoms. The minimum atomic E-state index is 0.432. The van der Waals surface area contributed by atoms with E-state index in [2.05, 4.69) is 15.5 Å². The van der Waals surface area contributed by atoms with E-state index in [0.29, 0.717) is 10.9 Å². The van der Waals surface area contributed by atoms with Crippen LogP contribution in [0.2, 0.25) is 0 Å². The first-order chi connectivity index (χ1) is 5.59. The van der Waals surface area contributed by atoms with Gasteiger partial charge in [-0.15, -0.1) is 0 Å². The van der Waals surface area contributed by atoms with Crippen LogP contribution in [0.1, 0.15) is 5.69 Å². The van der Waals surface area contributed by atoms with E-state index >= 15 is 0 Å². The predicted molar refractivity (Wildman–Crippen MR) is 51.5 cm³/mol. The van der Waals surface area contributed by atoms with E-state index in [-0.39, 0.29) is 0 Å². The first-order valence-corrected chi connectivity index (χ1v) is 3.82. The largest absolute Gasteiger partial charge is 0.315 e. The average molecular weight is 185 g/mol. The summed E-state index contributed by atoms with van der Waals surface area (Å²) in [7, 11) is 1.66. The van der Waals surface area contributed by atoms with Crippen LogP contribution in [0.15, 0.2) is 6.07 Å². The monoisotopic (exact) mass is 185 g/mol. The van der Waals surface area contributed by atoms with Gasteiger partial charge < -0.3 is 5.32 Å². The van der Waals surface area contributed by atoms with Crippen molar-refractivity contribution in [1.29, 1.82) is 0 Å². The van der Waals surface area contributed by atoms with Gasteiger partial charge in [0, 0.05) is 18.8 Å². The van der Waals surface area contributed by atoms with Gasteiger partial charge in [0.1, 0.15) is 0 Å². The van der Waals surface area contributed by atoms with E-state index in [9.17, 15) is 0 Å². The fraction of sp³-hybridized carbons (Fsp3) is 0.333. The zero-order valence-electron chi connectivity index (χ0n) is 6.96. The molecule has 0 saturated heterocycles. The number of H-pyrrole nitrogens is 1. The van der Waals surface area contributed by atoms with Crippen molar-refractivity contribution in [3.63, 3.8) is 0 Å². The van der Waals surface area contributed by atoms with E-state index < -0.39 is 0 Å². The molecular weight excluding hydrogens is 174 g/mol. The van der Waals surface area contributed by atoms with Gasteiger partial charge in [-0.1, -0.05) is 0 Å². The number of nitrogens with two attached hydrogens (primary N) is 1. The van der Waals surface area contributed by atoms with Crippen LogP contribution in [-0.4, -0.2) is 27.4 Å². The summed E-state index contributed by atoms with van der Waals surface area (Å²) in [5.74, 6) is 6.06. The molecule has 0 radical (unpaired) electrons. The van der Waals surface area contributed by atoms with E-state index in [1.807, 2.05) is 13.0 Å². The first-order valence-electron chi connectivity index (χ1n) is 3.41. The van der Waals surface area contributed by atoms with Gasteiger partial charge in [0.2, 0.25) is 0 Å². The summed E-state index contributed by atoms with van der Waals surface area (Å²) in [6.07, 6.45) is 0. The van der Waals surface area contributed by atoms with Crippen molar-refractivity contribution in [2.45, 2.75) is 6.92 Å². The Morgan fingerprint density at radius 3 is 2.92 bits per heavy atom. The third kappa shape index (κ3) is 2.18. The first kappa shape index (κ1) is 8.95. The molecule has 0 aliphatic carbocycles. The molecule has 0 saturated carbocycles. The standard InChI is InChI=1S/C6H11N5S/c1-4-3-5(10-9-4)8-6(12)11(2)7/h3H,7H2,1-2H3,(H2,8,9,10,12). The van der Waals surface area contributed by atoms with Crippen molar-refractivity contribution in [3.05, 3.63) is 11.8 Å². The van der Waals surface area contributed by atoms with Crippen LogP contribution >= 0.6 is 12.2 Å². The van der Waals surface area contributed by atoms with Gasteiger partial charge in [-0.25, -0.2) is 5.84 Å². The molecule has 0 atom stereocenters. The Kier molecular flexibility index (Phi) is 2.61. The SMILES string of the molecule is Cc1cc(NC(=S)N(C)N)n[nH]1. The average Bonchev–Trinajstić information content (AvgIpc) is 2.35. The number of hydrogen-bond donors (Lipinski definition) is 3. The Labute approximate surface area is 75.9 Å². The Morgan fingerprint density at radius 2 is 2.50 bits per heavy atom. The number of nitrogens with one attached hydrogen (secondary N) is 2. The molecule has 12 heavy (non-hydrogen) atoms. The van der Waals surface area contributed by atoms with E-state index in [4.69, 9.17) is 18.1 Å². The number of hydrazine groups is 1. The van der Waals surface area contributed by atoms with Gasteiger partial charge in [-0.2, -0.15) is 5.10 Å². The number of hydrogen-bond acceptors (Lipinski definition) is 3. The van der Waals surface area contributed by atoms with E-state index in [1.54, 1.807) is 7.05 Å². The Morgan fingerprint density at radius 1 is 1.83 bits per heavy atom. The number of aryl methyl sites for hydroxylation is 1. The number of aromatic amines is 1. The molecule has 4 N–H and O–H groups in total. The maximum Gasteiger partial charge on any atom is 0.188 e. The highest BCUT2D eigenvalue weighted by molar-refractivity contribution is 7.80. The molecule has 0 amide bonds. The van der Waals surface area contributed by atoms with Crippen LogP contribution in [-0.2, 0) is 0 Å². The van der Waals surface area contributed by atoms with Crippen LogP contribution in [0.4, 0.5) is 5.82 Å². The highest BCUT2D eigenvalue weighted by atomic mass is 32.1. The maximum atomic E-state index is 5.38. The Balaban J connectivity index is 2.58. The molecule has 1 aromatic heterocycles. The van der Waals surface area contributed by atoms with Gasteiger partial charge in [-0.3, -0.25) is 10.1 Å². The van der Waals surface area contributed by atoms with Crippen molar-refractivity contribution < 1.29 is 0 Å². The summed E-state index contributed by atoms with van der Waals surface area (Å²) in [4.78, 5) is 0. The second-order valence-electron chi connectivity index (χ2n) is 2.48. The molecule has 1 aromatic rings. The van der Waals surface area contributed by atoms with Crippen molar-refractivity contribution in [2.75, 3.05) is 12.4 Å². The normalized spacial score (nSPS) is 9.58. The lowest BCUT2D eigenvalue weighted by atomic mass is 10.5. The molecule has 0 unspecified atom stereocenters. The Bertz CT molecular complexity index is 279. The molecule has 66 valence electrons. The third-order valence-electron chi connectivity index (χ3n) is 1.26. The fourth-order valence-electron chi connectivity index (χ4n) is 0.680. The molecular formula is C6H11N5S. The maximum absolute atomic E-state index is 5.38. The highest BCUT2D eigenvalue weighted by Gasteiger charge is 2.01. The van der Waals surface area contributed by atoms with Crippen molar-refractivity contribution in [2.24, 2.45) is 5.84 Å². The minimum Gasteiger partial charge on any atom is -0.315 e. The molecule has 6 heteroatoms. The van der Waals surface area contributed by atoms with Crippen LogP contribution in [0.5, 0.6) is 0 Å². The lowest BCUT2D eigenvalue weighted by Crippen LogP contribution is -2.36. The summed E-state index contributed by atoms with van der Waals surface area (Å²) in [6.45, 7) is 1.91. The van der Waals surface area contributed by atoms with Crippen LogP contribution in [0.25, 0.3) is 0 Å². The van der Waals surface area contributed by atoms with Gasteiger partial charge in [-0.05, 0) is 19.1 Å². The van der Waals surface area contributed by atoms with Crippen molar-refractivity contribution >= 4 is 23.1 Å². The smallest absolute Gasteiger partial charge is 0.188 e. The fourth-order valence-corrected chi connectivity index (χ4v) is 0.784. The lowest BCUT2D eigenvalue weighted by molar-refractivity contribution is 0.548. The molecule has 1 heterocycles. The summed E-state index contributed by atoms with van der Waals surface area (Å²) in [5, 5.41) is 11.3. The van der Waals surface area contributed by atoms with Gasteiger partial charge in [0.05, 0.1) is 0 Å². The number of nitrogens with zero attached hydrogens (tertiary/aromatic N) is 2. The second-order valence-corrected chi connectivity index (χ2v) is 2.86. The molecule has 0 aliphatic rings. The number of rotatable bonds is 1. The molecule has 5 nitrogen and oxygen atoms in total. The zero-order chi connectivity index (χ0) is 9.14. The lowest BCUT2D eigenvalue weighted by Gasteiger charge is -2.12. The van der Waals surface area contributed by atoms with Crippen LogP contribution in [0.3, 0.4) is 0 Å². The summed E-state index contributed by atoms with van der Waals surface area (Å²) in [5.41, 5.74) is 0.972. The molecule has 0 spiro atoms. The van der Waals surface area contributed by atoms with Gasteiger partial charge in [0.15, 0.2) is 10.9 Å². The molecule has 1 rings (SSSR count). The highest BCUT2D eigenvalue weighted by Crippen LogP contribution is 2.03. The summed E-state index contributed by atoms with van der Waals surface area (Å²) in [6, 6.07) is 1.84. The number of thiocarbonyl (C=S) groups is 1. The van der Waals surface area contributed by atoms with Crippen molar-refractivity contribution in [3.8, 4) is 0 Å². The van der Waals surface area contributed by atoms with Gasteiger partial charge >= 0.3 is 0 Å². The third-order valence-corrected chi connectivity index (χ3v) is 1.65. The quantitative estimate of drug-likeness (QED) is 0.332. The number of anilines is 1. The topological polar surface area (TPSA) is 70.0 Å². The predicted octanol–water partition coefficient (Wildman–Crippen LogP) is 0.220. The van der Waals surface area contributed by atoms with E-state index in [1.165, 1.54) is 5.01 Å². The van der Waals surface area contributed by atoms with E-state index in [0.717, 1.165) is 5.69 Å². The minimum absolute atomic E-state index is 0.432. The summed E-state index contributed by atoms with van der Waals surface area (Å²) < 4.78 is 0. The van der Waals surface area contributed by atoms with Crippen molar-refractivity contribution in [1.82, 2.24) is 15.2 Å². The summed E-state index contributed by atoms with van der Waals surface area (Å²) >= 11 is 4.91.